The van der Waals surface area contributed by atoms with E-state index in [1.807, 2.05) is 12.1 Å². The molecular weight excluding hydrogens is 304 g/mol. The number of pyridine rings is 2. The van der Waals surface area contributed by atoms with E-state index in [1.54, 1.807) is 24.7 Å². The standard InChI is InChI=1S/C17H18N6O/c18-14-6-7-19-11-13(14)17-21-16(22-24-17)12-4-5-15(20-10-12)23-8-2-1-3-9-23/h4-7,10-11H,1-3,8-9H2,(H2,18,19). The van der Waals surface area contributed by atoms with Crippen LogP contribution in [0.3, 0.4) is 0 Å². The predicted octanol–water partition coefficient (Wildman–Crippen LogP) is 2.77. The quantitative estimate of drug-likeness (QED) is 0.792. The number of nitrogen functional groups attached to an aromatic ring is 1. The number of hydrogen-bond acceptors (Lipinski definition) is 7. The smallest absolute Gasteiger partial charge is 0.261 e. The maximum Gasteiger partial charge on any atom is 0.261 e. The Bertz CT molecular complexity index is 823. The normalized spacial score (nSPS) is 14.8. The van der Waals surface area contributed by atoms with Crippen molar-refractivity contribution in [2.75, 3.05) is 23.7 Å². The van der Waals surface area contributed by atoms with E-state index >= 15 is 0 Å². The number of hydrogen-bond donors (Lipinski definition) is 1. The number of aromatic nitrogens is 4. The number of anilines is 2. The Labute approximate surface area is 139 Å². The van der Waals surface area contributed by atoms with Crippen LogP contribution in [0.1, 0.15) is 19.3 Å². The van der Waals surface area contributed by atoms with Gasteiger partial charge in [-0.15, -0.1) is 0 Å². The zero-order chi connectivity index (χ0) is 16.4. The van der Waals surface area contributed by atoms with E-state index < -0.39 is 0 Å². The minimum atomic E-state index is 0.357. The summed E-state index contributed by atoms with van der Waals surface area (Å²) in [6.45, 7) is 2.14. The molecule has 0 unspecified atom stereocenters. The van der Waals surface area contributed by atoms with Gasteiger partial charge in [0.1, 0.15) is 5.82 Å². The first-order chi connectivity index (χ1) is 11.8. The monoisotopic (exact) mass is 322 g/mol. The van der Waals surface area contributed by atoms with Gasteiger partial charge in [0.15, 0.2) is 0 Å². The Hall–Kier alpha value is -2.96. The van der Waals surface area contributed by atoms with Gasteiger partial charge in [-0.2, -0.15) is 4.98 Å². The van der Waals surface area contributed by atoms with E-state index in [9.17, 15) is 0 Å². The molecule has 7 nitrogen and oxygen atoms in total. The molecule has 0 saturated carbocycles. The van der Waals surface area contributed by atoms with Crippen LogP contribution in [-0.4, -0.2) is 33.2 Å². The molecule has 2 N–H and O–H groups in total. The summed E-state index contributed by atoms with van der Waals surface area (Å²) < 4.78 is 5.31. The summed E-state index contributed by atoms with van der Waals surface area (Å²) >= 11 is 0. The van der Waals surface area contributed by atoms with E-state index in [4.69, 9.17) is 10.3 Å². The lowest BCUT2D eigenvalue weighted by Crippen LogP contribution is -2.29. The lowest BCUT2D eigenvalue weighted by Gasteiger charge is -2.27. The van der Waals surface area contributed by atoms with Crippen LogP contribution in [0.2, 0.25) is 0 Å². The first-order valence-corrected chi connectivity index (χ1v) is 8.06. The minimum absolute atomic E-state index is 0.357. The molecule has 0 radical (unpaired) electrons. The third-order valence-electron chi connectivity index (χ3n) is 4.20. The zero-order valence-electron chi connectivity index (χ0n) is 13.2. The topological polar surface area (TPSA) is 94.0 Å². The molecule has 0 amide bonds. The average Bonchev–Trinajstić information content (AvgIpc) is 3.13. The number of nitrogens with zero attached hydrogens (tertiary/aromatic N) is 5. The summed E-state index contributed by atoms with van der Waals surface area (Å²) in [6.07, 6.45) is 8.78. The molecule has 3 aromatic rings. The molecule has 1 fully saturated rings. The highest BCUT2D eigenvalue weighted by molar-refractivity contribution is 5.70. The molecule has 4 rings (SSSR count). The van der Waals surface area contributed by atoms with Crippen LogP contribution in [0.5, 0.6) is 0 Å². The van der Waals surface area contributed by atoms with Crippen molar-refractivity contribution in [3.8, 4) is 22.8 Å². The van der Waals surface area contributed by atoms with E-state index in [0.717, 1.165) is 24.5 Å². The summed E-state index contributed by atoms with van der Waals surface area (Å²) in [5.74, 6) is 1.85. The Morgan fingerprint density at radius 3 is 2.67 bits per heavy atom. The van der Waals surface area contributed by atoms with Gasteiger partial charge < -0.3 is 15.2 Å². The summed E-state index contributed by atoms with van der Waals surface area (Å²) in [5, 5.41) is 4.02. The molecule has 0 aliphatic carbocycles. The van der Waals surface area contributed by atoms with Crippen molar-refractivity contribution in [2.45, 2.75) is 19.3 Å². The second-order valence-electron chi connectivity index (χ2n) is 5.84. The van der Waals surface area contributed by atoms with Gasteiger partial charge in [0.05, 0.1) is 5.56 Å². The van der Waals surface area contributed by atoms with Crippen molar-refractivity contribution in [1.29, 1.82) is 0 Å². The predicted molar refractivity (Wildman–Crippen MR) is 91.2 cm³/mol. The molecule has 24 heavy (non-hydrogen) atoms. The maximum absolute atomic E-state index is 5.92. The molecular formula is C17H18N6O. The first-order valence-electron chi connectivity index (χ1n) is 8.06. The van der Waals surface area contributed by atoms with Crippen molar-refractivity contribution in [3.05, 3.63) is 36.8 Å². The fraction of sp³-hybridized carbons (Fsp3) is 0.294. The second kappa shape index (κ2) is 6.27. The summed E-state index contributed by atoms with van der Waals surface area (Å²) in [5.41, 5.74) is 7.92. The third-order valence-corrected chi connectivity index (χ3v) is 4.20. The van der Waals surface area contributed by atoms with Crippen molar-refractivity contribution >= 4 is 11.5 Å². The van der Waals surface area contributed by atoms with Crippen LogP contribution >= 0.6 is 0 Å². The van der Waals surface area contributed by atoms with Gasteiger partial charge >= 0.3 is 0 Å². The van der Waals surface area contributed by atoms with Gasteiger partial charge in [-0.3, -0.25) is 4.98 Å². The van der Waals surface area contributed by atoms with Crippen LogP contribution in [0.4, 0.5) is 11.5 Å². The largest absolute Gasteiger partial charge is 0.398 e. The SMILES string of the molecule is Nc1ccncc1-c1nc(-c2ccc(N3CCCCC3)nc2)no1. The molecule has 3 aromatic heterocycles. The van der Waals surface area contributed by atoms with Gasteiger partial charge in [0, 0.05) is 42.9 Å². The Morgan fingerprint density at radius 2 is 1.92 bits per heavy atom. The van der Waals surface area contributed by atoms with Crippen LogP contribution in [-0.2, 0) is 0 Å². The fourth-order valence-corrected chi connectivity index (χ4v) is 2.86. The van der Waals surface area contributed by atoms with E-state index in [2.05, 4.69) is 25.0 Å². The highest BCUT2D eigenvalue weighted by Crippen LogP contribution is 2.26. The third kappa shape index (κ3) is 2.80. The molecule has 0 bridgehead atoms. The van der Waals surface area contributed by atoms with Crippen molar-refractivity contribution in [2.24, 2.45) is 0 Å². The number of nitrogens with two attached hydrogens (primary N) is 1. The summed E-state index contributed by atoms with van der Waals surface area (Å²) in [4.78, 5) is 15.3. The van der Waals surface area contributed by atoms with Gasteiger partial charge in [0.25, 0.3) is 5.89 Å². The molecule has 1 aliphatic rings. The molecule has 1 aliphatic heterocycles. The zero-order valence-corrected chi connectivity index (χ0v) is 13.2. The lowest BCUT2D eigenvalue weighted by atomic mass is 10.1. The van der Waals surface area contributed by atoms with Crippen LogP contribution in [0.15, 0.2) is 41.3 Å². The second-order valence-corrected chi connectivity index (χ2v) is 5.84. The number of piperidine rings is 1. The molecule has 7 heteroatoms. The maximum atomic E-state index is 5.92. The Balaban J connectivity index is 1.57. The highest BCUT2D eigenvalue weighted by atomic mass is 16.5. The van der Waals surface area contributed by atoms with E-state index in [-0.39, 0.29) is 0 Å². The summed E-state index contributed by atoms with van der Waals surface area (Å²) in [7, 11) is 0. The van der Waals surface area contributed by atoms with Gasteiger partial charge in [-0.05, 0) is 37.5 Å². The van der Waals surface area contributed by atoms with Gasteiger partial charge in [-0.1, -0.05) is 5.16 Å². The molecule has 0 atom stereocenters. The number of rotatable bonds is 3. The van der Waals surface area contributed by atoms with Crippen LogP contribution in [0, 0.1) is 0 Å². The summed E-state index contributed by atoms with van der Waals surface area (Å²) in [6, 6.07) is 5.68. The molecule has 4 heterocycles. The van der Waals surface area contributed by atoms with Crippen LogP contribution in [0.25, 0.3) is 22.8 Å². The van der Waals surface area contributed by atoms with E-state index in [1.165, 1.54) is 19.3 Å². The molecule has 0 aromatic carbocycles. The van der Waals surface area contributed by atoms with Crippen molar-refractivity contribution in [1.82, 2.24) is 20.1 Å². The minimum Gasteiger partial charge on any atom is -0.398 e. The molecule has 122 valence electrons. The fourth-order valence-electron chi connectivity index (χ4n) is 2.86. The van der Waals surface area contributed by atoms with E-state index in [0.29, 0.717) is 23.0 Å². The Kier molecular flexibility index (Phi) is 3.82. The lowest BCUT2D eigenvalue weighted by molar-refractivity contribution is 0.432. The van der Waals surface area contributed by atoms with Gasteiger partial charge in [0.2, 0.25) is 5.82 Å². The van der Waals surface area contributed by atoms with Gasteiger partial charge in [-0.25, -0.2) is 4.98 Å². The van der Waals surface area contributed by atoms with Crippen molar-refractivity contribution in [3.63, 3.8) is 0 Å². The average molecular weight is 322 g/mol. The Morgan fingerprint density at radius 1 is 1.04 bits per heavy atom. The van der Waals surface area contributed by atoms with Crippen LogP contribution < -0.4 is 10.6 Å². The molecule has 1 saturated heterocycles. The van der Waals surface area contributed by atoms with Crippen molar-refractivity contribution < 1.29 is 4.52 Å². The molecule has 0 spiro atoms. The highest BCUT2D eigenvalue weighted by Gasteiger charge is 2.15. The first kappa shape index (κ1) is 14.6.